The van der Waals surface area contributed by atoms with Crippen LogP contribution in [0.15, 0.2) is 97.1 Å². The van der Waals surface area contributed by atoms with E-state index >= 15 is 0 Å². The van der Waals surface area contributed by atoms with E-state index in [1.165, 1.54) is 11.1 Å². The summed E-state index contributed by atoms with van der Waals surface area (Å²) in [5, 5.41) is 0. The summed E-state index contributed by atoms with van der Waals surface area (Å²) in [6.45, 7) is 13.2. The molecule has 0 N–H and O–H groups in total. The van der Waals surface area contributed by atoms with Gasteiger partial charge in [0, 0.05) is 11.1 Å². The summed E-state index contributed by atoms with van der Waals surface area (Å²) in [6.07, 6.45) is 8.57. The van der Waals surface area contributed by atoms with Crippen LogP contribution in [0.1, 0.15) is 22.3 Å². The number of benzene rings is 4. The highest BCUT2D eigenvalue weighted by Gasteiger charge is 2.18. The zero-order valence-electron chi connectivity index (χ0n) is 23.4. The molecule has 0 bridgehead atoms. The highest BCUT2D eigenvalue weighted by atomic mass is 28.4. The fraction of sp³-hybridized carbons (Fsp3) is 0.176. The van der Waals surface area contributed by atoms with Crippen LogP contribution in [0.2, 0.25) is 39.3 Å². The fourth-order valence-electron chi connectivity index (χ4n) is 4.03. The smallest absolute Gasteiger partial charge is 0.242 e. The van der Waals surface area contributed by atoms with Crippen molar-refractivity contribution in [2.45, 2.75) is 39.3 Å². The van der Waals surface area contributed by atoms with Crippen LogP contribution in [0.5, 0.6) is 11.5 Å². The van der Waals surface area contributed by atoms with Crippen LogP contribution < -0.4 is 8.85 Å². The van der Waals surface area contributed by atoms with Gasteiger partial charge in [0.15, 0.2) is 0 Å². The average molecular weight is 535 g/mol. The minimum absolute atomic E-state index is 0.959. The lowest BCUT2D eigenvalue weighted by atomic mass is 10.0. The summed E-state index contributed by atoms with van der Waals surface area (Å²) in [5.74, 6) is 1.92. The molecule has 2 nitrogen and oxygen atoms in total. The second-order valence-corrected chi connectivity index (χ2v) is 20.3. The molecular formula is C34H38O2Si2. The summed E-state index contributed by atoms with van der Waals surface area (Å²) in [4.78, 5) is 0. The second kappa shape index (κ2) is 11.8. The van der Waals surface area contributed by atoms with E-state index in [4.69, 9.17) is 8.85 Å². The standard InChI is InChI=1S/C34H38O2Si2/c1-37(2,3)35-33-13-9-7-11-31(33)25-19-27-15-21-29(22-16-27)30-23-17-28(18-24-30)20-26-32-12-8-10-14-34(32)36-38(4,5)6/h7-26H,1-6H3. The predicted octanol–water partition coefficient (Wildman–Crippen LogP) is 10.1. The van der Waals surface area contributed by atoms with Gasteiger partial charge in [-0.1, -0.05) is 109 Å². The maximum absolute atomic E-state index is 6.25. The number of hydrogen-bond acceptors (Lipinski definition) is 2. The van der Waals surface area contributed by atoms with Crippen LogP contribution in [0.4, 0.5) is 0 Å². The molecule has 0 atom stereocenters. The Hall–Kier alpha value is -3.61. The van der Waals surface area contributed by atoms with Crippen LogP contribution in [0.3, 0.4) is 0 Å². The Morgan fingerprint density at radius 3 is 1.11 bits per heavy atom. The van der Waals surface area contributed by atoms with Crippen molar-refractivity contribution in [1.29, 1.82) is 0 Å². The summed E-state index contributed by atoms with van der Waals surface area (Å²) in [7, 11) is -3.33. The fourth-order valence-corrected chi connectivity index (χ4v) is 5.72. The Kier molecular flexibility index (Phi) is 8.55. The zero-order chi connectivity index (χ0) is 27.2. The Balaban J connectivity index is 1.44. The molecule has 38 heavy (non-hydrogen) atoms. The molecule has 0 spiro atoms. The van der Waals surface area contributed by atoms with Gasteiger partial charge in [-0.3, -0.25) is 0 Å². The lowest BCUT2D eigenvalue weighted by Crippen LogP contribution is -2.29. The minimum Gasteiger partial charge on any atom is -0.544 e. The molecule has 0 aromatic heterocycles. The number of hydrogen-bond donors (Lipinski definition) is 0. The molecule has 0 radical (unpaired) electrons. The van der Waals surface area contributed by atoms with Gasteiger partial charge in [0.05, 0.1) is 0 Å². The lowest BCUT2D eigenvalue weighted by molar-refractivity contribution is 0.556. The van der Waals surface area contributed by atoms with E-state index < -0.39 is 16.6 Å². The van der Waals surface area contributed by atoms with E-state index in [9.17, 15) is 0 Å². The monoisotopic (exact) mass is 534 g/mol. The van der Waals surface area contributed by atoms with E-state index in [0.717, 1.165) is 33.8 Å². The lowest BCUT2D eigenvalue weighted by Gasteiger charge is -2.20. The third kappa shape index (κ3) is 8.20. The van der Waals surface area contributed by atoms with Crippen molar-refractivity contribution in [3.05, 3.63) is 119 Å². The molecule has 0 amide bonds. The van der Waals surface area contributed by atoms with Gasteiger partial charge in [0.25, 0.3) is 0 Å². The Morgan fingerprint density at radius 2 is 0.763 bits per heavy atom. The molecule has 0 saturated carbocycles. The van der Waals surface area contributed by atoms with Gasteiger partial charge in [-0.05, 0) is 73.7 Å². The van der Waals surface area contributed by atoms with Gasteiger partial charge in [-0.25, -0.2) is 0 Å². The second-order valence-electron chi connectivity index (χ2n) is 11.4. The largest absolute Gasteiger partial charge is 0.544 e. The summed E-state index contributed by atoms with van der Waals surface area (Å²) in [6, 6.07) is 33.9. The molecule has 0 saturated heterocycles. The highest BCUT2D eigenvalue weighted by Crippen LogP contribution is 2.27. The Morgan fingerprint density at radius 1 is 0.421 bits per heavy atom. The molecule has 0 heterocycles. The van der Waals surface area contributed by atoms with E-state index in [-0.39, 0.29) is 0 Å². The minimum atomic E-state index is -1.66. The summed E-state index contributed by atoms with van der Waals surface area (Å²) >= 11 is 0. The van der Waals surface area contributed by atoms with Crippen molar-refractivity contribution in [1.82, 2.24) is 0 Å². The molecule has 0 fully saturated rings. The summed E-state index contributed by atoms with van der Waals surface area (Å²) < 4.78 is 12.5. The van der Waals surface area contributed by atoms with Crippen molar-refractivity contribution in [2.75, 3.05) is 0 Å². The molecule has 4 aromatic rings. The average Bonchev–Trinajstić information content (AvgIpc) is 2.87. The maximum atomic E-state index is 6.25. The van der Waals surface area contributed by atoms with Gasteiger partial charge < -0.3 is 8.85 Å². The van der Waals surface area contributed by atoms with E-state index in [1.807, 2.05) is 12.1 Å². The SMILES string of the molecule is C[Si](C)(C)Oc1ccccc1C=Cc1ccc(-c2ccc(C=Cc3ccccc3O[Si](C)(C)C)cc2)cc1. The van der Waals surface area contributed by atoms with E-state index in [2.05, 4.69) is 149 Å². The first kappa shape index (κ1) is 27.4. The van der Waals surface area contributed by atoms with Crippen LogP contribution in [-0.2, 0) is 0 Å². The Bertz CT molecular complexity index is 1290. The van der Waals surface area contributed by atoms with Crippen LogP contribution >= 0.6 is 0 Å². The molecule has 4 aromatic carbocycles. The van der Waals surface area contributed by atoms with Gasteiger partial charge in [-0.2, -0.15) is 0 Å². The molecule has 4 heteroatoms. The van der Waals surface area contributed by atoms with E-state index in [1.54, 1.807) is 0 Å². The van der Waals surface area contributed by atoms with Gasteiger partial charge in [0.2, 0.25) is 16.6 Å². The quantitative estimate of drug-likeness (QED) is 0.157. The molecule has 0 aliphatic heterocycles. The van der Waals surface area contributed by atoms with Crippen LogP contribution in [0.25, 0.3) is 35.4 Å². The normalized spacial score (nSPS) is 12.3. The first-order chi connectivity index (χ1) is 18.1. The first-order valence-corrected chi connectivity index (χ1v) is 20.0. The molecule has 194 valence electrons. The molecular weight excluding hydrogens is 497 g/mol. The third-order valence-corrected chi connectivity index (χ3v) is 7.40. The topological polar surface area (TPSA) is 18.5 Å². The van der Waals surface area contributed by atoms with Gasteiger partial charge in [-0.15, -0.1) is 0 Å². The van der Waals surface area contributed by atoms with Crippen LogP contribution in [0, 0.1) is 0 Å². The van der Waals surface area contributed by atoms with E-state index in [0.29, 0.717) is 0 Å². The maximum Gasteiger partial charge on any atom is 0.242 e. The molecule has 4 rings (SSSR count). The van der Waals surface area contributed by atoms with Crippen molar-refractivity contribution in [3.63, 3.8) is 0 Å². The first-order valence-electron chi connectivity index (χ1n) is 13.2. The third-order valence-electron chi connectivity index (χ3n) is 5.74. The zero-order valence-corrected chi connectivity index (χ0v) is 25.4. The van der Waals surface area contributed by atoms with Crippen LogP contribution in [-0.4, -0.2) is 16.6 Å². The van der Waals surface area contributed by atoms with Crippen molar-refractivity contribution in [2.24, 2.45) is 0 Å². The summed E-state index contributed by atoms with van der Waals surface area (Å²) in [5.41, 5.74) is 6.95. The van der Waals surface area contributed by atoms with Crippen molar-refractivity contribution >= 4 is 40.9 Å². The molecule has 0 aliphatic carbocycles. The van der Waals surface area contributed by atoms with Gasteiger partial charge in [0.1, 0.15) is 11.5 Å². The Labute approximate surface area is 230 Å². The highest BCUT2D eigenvalue weighted by molar-refractivity contribution is 6.70. The van der Waals surface area contributed by atoms with Crippen molar-refractivity contribution in [3.8, 4) is 22.6 Å². The molecule has 0 aliphatic rings. The number of para-hydroxylation sites is 2. The van der Waals surface area contributed by atoms with Crippen molar-refractivity contribution < 1.29 is 8.85 Å². The number of rotatable bonds is 9. The predicted molar refractivity (Wildman–Crippen MR) is 171 cm³/mol. The molecule has 0 unspecified atom stereocenters. The van der Waals surface area contributed by atoms with Gasteiger partial charge >= 0.3 is 0 Å².